The third-order valence-electron chi connectivity index (χ3n) is 5.08. The highest BCUT2D eigenvalue weighted by atomic mass is 32.2. The Morgan fingerprint density at radius 1 is 1.21 bits per heavy atom. The molecule has 2 aromatic rings. The maximum Gasteiger partial charge on any atom is 0.256 e. The highest BCUT2D eigenvalue weighted by Crippen LogP contribution is 2.48. The number of nitrogens with one attached hydrogen (secondary N) is 2. The third-order valence-corrected chi connectivity index (χ3v) is 6.39. The lowest BCUT2D eigenvalue weighted by Gasteiger charge is -2.24. The van der Waals surface area contributed by atoms with Crippen molar-refractivity contribution in [2.45, 2.75) is 24.4 Å². The molecule has 2 N–H and O–H groups in total. The SMILES string of the molecule is COc1cccc(NC(=O)C(C)NC(=O)C2CSC3c4ccccc4C(=O)N23)c1. The van der Waals surface area contributed by atoms with Crippen LogP contribution in [0, 0.1) is 0 Å². The predicted octanol–water partition coefficient (Wildman–Crippen LogP) is 2.41. The van der Waals surface area contributed by atoms with Gasteiger partial charge in [0.2, 0.25) is 11.8 Å². The van der Waals surface area contributed by atoms with Crippen LogP contribution in [0.4, 0.5) is 5.69 Å². The van der Waals surface area contributed by atoms with Crippen LogP contribution < -0.4 is 15.4 Å². The molecule has 0 bridgehead atoms. The molecule has 1 saturated heterocycles. The molecule has 2 heterocycles. The summed E-state index contributed by atoms with van der Waals surface area (Å²) in [6.07, 6.45) is 0. The largest absolute Gasteiger partial charge is 0.497 e. The fraction of sp³-hybridized carbons (Fsp3) is 0.286. The minimum Gasteiger partial charge on any atom is -0.497 e. The number of thioether (sulfide) groups is 1. The summed E-state index contributed by atoms with van der Waals surface area (Å²) >= 11 is 1.57. The van der Waals surface area contributed by atoms with E-state index in [-0.39, 0.29) is 23.1 Å². The van der Waals surface area contributed by atoms with Gasteiger partial charge in [0.15, 0.2) is 0 Å². The number of hydrogen-bond acceptors (Lipinski definition) is 5. The molecule has 0 aliphatic carbocycles. The van der Waals surface area contributed by atoms with Crippen LogP contribution in [0.5, 0.6) is 5.75 Å². The van der Waals surface area contributed by atoms with Crippen molar-refractivity contribution in [1.82, 2.24) is 10.2 Å². The number of amides is 3. The first kappa shape index (κ1) is 19.3. The van der Waals surface area contributed by atoms with Gasteiger partial charge < -0.3 is 20.3 Å². The second-order valence-corrected chi connectivity index (χ2v) is 8.07. The lowest BCUT2D eigenvalue weighted by molar-refractivity contribution is -0.128. The summed E-state index contributed by atoms with van der Waals surface area (Å²) in [5.74, 6) is 0.324. The zero-order chi connectivity index (χ0) is 20.5. The van der Waals surface area contributed by atoms with Gasteiger partial charge in [0.05, 0.1) is 7.11 Å². The summed E-state index contributed by atoms with van der Waals surface area (Å²) in [5.41, 5.74) is 2.17. The molecular weight excluding hydrogens is 390 g/mol. The molecule has 29 heavy (non-hydrogen) atoms. The first-order chi connectivity index (χ1) is 14.0. The quantitative estimate of drug-likeness (QED) is 0.789. The predicted molar refractivity (Wildman–Crippen MR) is 111 cm³/mol. The van der Waals surface area contributed by atoms with Crippen LogP contribution in [0.25, 0.3) is 0 Å². The minimum absolute atomic E-state index is 0.135. The van der Waals surface area contributed by atoms with Crippen LogP contribution >= 0.6 is 11.8 Å². The van der Waals surface area contributed by atoms with E-state index in [1.165, 1.54) is 0 Å². The van der Waals surface area contributed by atoms with Crippen molar-refractivity contribution in [2.75, 3.05) is 18.2 Å². The fourth-order valence-electron chi connectivity index (χ4n) is 3.57. The molecule has 3 atom stereocenters. The monoisotopic (exact) mass is 411 g/mol. The van der Waals surface area contributed by atoms with Crippen molar-refractivity contribution >= 4 is 35.2 Å². The van der Waals surface area contributed by atoms with Crippen LogP contribution in [-0.4, -0.2) is 47.6 Å². The molecule has 4 rings (SSSR count). The topological polar surface area (TPSA) is 87.7 Å². The lowest BCUT2D eigenvalue weighted by atomic mass is 10.1. The van der Waals surface area contributed by atoms with Gasteiger partial charge in [-0.05, 0) is 30.7 Å². The zero-order valence-corrected chi connectivity index (χ0v) is 16.9. The van der Waals surface area contributed by atoms with E-state index in [2.05, 4.69) is 10.6 Å². The molecule has 8 heteroatoms. The summed E-state index contributed by atoms with van der Waals surface area (Å²) < 4.78 is 5.14. The highest BCUT2D eigenvalue weighted by molar-refractivity contribution is 7.99. The van der Waals surface area contributed by atoms with E-state index in [0.29, 0.717) is 22.8 Å². The number of fused-ring (bicyclic) bond motifs is 3. The number of benzene rings is 2. The van der Waals surface area contributed by atoms with Gasteiger partial charge in [-0.25, -0.2) is 0 Å². The number of anilines is 1. The molecule has 1 fully saturated rings. The molecule has 2 aromatic carbocycles. The van der Waals surface area contributed by atoms with Crippen LogP contribution in [-0.2, 0) is 9.59 Å². The number of hydrogen-bond donors (Lipinski definition) is 2. The smallest absolute Gasteiger partial charge is 0.256 e. The van der Waals surface area contributed by atoms with Gasteiger partial charge in [-0.1, -0.05) is 24.3 Å². The van der Waals surface area contributed by atoms with Gasteiger partial charge >= 0.3 is 0 Å². The Labute approximate surface area is 172 Å². The van der Waals surface area contributed by atoms with Crippen molar-refractivity contribution < 1.29 is 19.1 Å². The molecular formula is C21H21N3O4S. The van der Waals surface area contributed by atoms with Crippen molar-refractivity contribution in [3.8, 4) is 5.75 Å². The molecule has 0 aromatic heterocycles. The highest BCUT2D eigenvalue weighted by Gasteiger charge is 2.48. The molecule has 150 valence electrons. The van der Waals surface area contributed by atoms with E-state index in [9.17, 15) is 14.4 Å². The number of methoxy groups -OCH3 is 1. The van der Waals surface area contributed by atoms with E-state index in [0.717, 1.165) is 5.56 Å². The van der Waals surface area contributed by atoms with Gasteiger partial charge in [-0.2, -0.15) is 0 Å². The van der Waals surface area contributed by atoms with Crippen molar-refractivity contribution in [3.63, 3.8) is 0 Å². The first-order valence-corrected chi connectivity index (χ1v) is 10.3. The first-order valence-electron chi connectivity index (χ1n) is 9.28. The number of ether oxygens (including phenoxy) is 1. The molecule has 3 amide bonds. The van der Waals surface area contributed by atoms with Crippen LogP contribution in [0.3, 0.4) is 0 Å². The Kier molecular flexibility index (Phi) is 5.19. The van der Waals surface area contributed by atoms with E-state index in [1.54, 1.807) is 61.0 Å². The number of rotatable bonds is 5. The van der Waals surface area contributed by atoms with Gasteiger partial charge in [-0.3, -0.25) is 14.4 Å². The molecule has 0 spiro atoms. The average molecular weight is 411 g/mol. The van der Waals surface area contributed by atoms with E-state index in [1.807, 2.05) is 18.2 Å². The summed E-state index contributed by atoms with van der Waals surface area (Å²) in [4.78, 5) is 39.7. The second-order valence-electron chi connectivity index (χ2n) is 6.95. The maximum atomic E-state index is 12.8. The molecule has 2 aliphatic rings. The van der Waals surface area contributed by atoms with Gasteiger partial charge in [0, 0.05) is 23.1 Å². The molecule has 3 unspecified atom stereocenters. The Bertz CT molecular complexity index is 980. The lowest BCUT2D eigenvalue weighted by Crippen LogP contribution is -2.51. The van der Waals surface area contributed by atoms with Crippen LogP contribution in [0.15, 0.2) is 48.5 Å². The normalized spacial score (nSPS) is 20.6. The summed E-state index contributed by atoms with van der Waals surface area (Å²) in [6, 6.07) is 13.1. The molecule has 7 nitrogen and oxygen atoms in total. The molecule has 2 aliphatic heterocycles. The third kappa shape index (κ3) is 3.55. The summed E-state index contributed by atoms with van der Waals surface area (Å²) in [7, 11) is 1.55. The maximum absolute atomic E-state index is 12.8. The van der Waals surface area contributed by atoms with Gasteiger partial charge in [0.25, 0.3) is 5.91 Å². The van der Waals surface area contributed by atoms with Gasteiger partial charge in [0.1, 0.15) is 23.2 Å². The second kappa shape index (κ2) is 7.79. The van der Waals surface area contributed by atoms with Crippen LogP contribution in [0.2, 0.25) is 0 Å². The van der Waals surface area contributed by atoms with Crippen molar-refractivity contribution in [2.24, 2.45) is 0 Å². The van der Waals surface area contributed by atoms with E-state index in [4.69, 9.17) is 4.74 Å². The Hall–Kier alpha value is -3.00. The minimum atomic E-state index is -0.752. The number of carbonyl (C=O) groups is 3. The number of nitrogens with zero attached hydrogens (tertiary/aromatic N) is 1. The van der Waals surface area contributed by atoms with Crippen molar-refractivity contribution in [1.29, 1.82) is 0 Å². The Balaban J connectivity index is 1.40. The van der Waals surface area contributed by atoms with E-state index < -0.39 is 12.1 Å². The Morgan fingerprint density at radius 2 is 2.00 bits per heavy atom. The van der Waals surface area contributed by atoms with Crippen LogP contribution in [0.1, 0.15) is 28.2 Å². The van der Waals surface area contributed by atoms with E-state index >= 15 is 0 Å². The molecule has 0 saturated carbocycles. The summed E-state index contributed by atoms with van der Waals surface area (Å²) in [5, 5.41) is 5.36. The van der Waals surface area contributed by atoms with Gasteiger partial charge in [-0.15, -0.1) is 11.8 Å². The fourth-order valence-corrected chi connectivity index (χ4v) is 5.03. The summed E-state index contributed by atoms with van der Waals surface area (Å²) in [6.45, 7) is 1.62. The standard InChI is InChI=1S/C21H21N3O4S/c1-12(18(25)23-13-6-5-7-14(10-13)28-2)22-19(26)17-11-29-21-16-9-4-3-8-15(16)20(27)24(17)21/h3-10,12,17,21H,11H2,1-2H3,(H,22,26)(H,23,25). The Morgan fingerprint density at radius 3 is 2.79 bits per heavy atom. The number of carbonyl (C=O) groups excluding carboxylic acids is 3. The van der Waals surface area contributed by atoms with Crippen molar-refractivity contribution in [3.05, 3.63) is 59.7 Å². The molecule has 0 radical (unpaired) electrons. The zero-order valence-electron chi connectivity index (χ0n) is 16.0. The average Bonchev–Trinajstić information content (AvgIpc) is 3.28.